The van der Waals surface area contributed by atoms with Crippen LogP contribution in [0.2, 0.25) is 0 Å². The number of halogens is 2. The van der Waals surface area contributed by atoms with E-state index in [0.717, 1.165) is 34.1 Å². The van der Waals surface area contributed by atoms with Crippen LogP contribution in [0.25, 0.3) is 0 Å². The van der Waals surface area contributed by atoms with E-state index in [1.165, 1.54) is 12.8 Å². The Labute approximate surface area is 143 Å². The highest BCUT2D eigenvalue weighted by molar-refractivity contribution is 9.11. The lowest BCUT2D eigenvalue weighted by Crippen LogP contribution is -2.44. The number of hydrogen-bond donors (Lipinski definition) is 1. The van der Waals surface area contributed by atoms with Gasteiger partial charge >= 0.3 is 0 Å². The molecule has 1 aromatic carbocycles. The van der Waals surface area contributed by atoms with Crippen LogP contribution in [-0.4, -0.2) is 36.5 Å². The molecule has 0 aromatic heterocycles. The van der Waals surface area contributed by atoms with Gasteiger partial charge in [-0.3, -0.25) is 4.79 Å². The Morgan fingerprint density at radius 2 is 2.19 bits per heavy atom. The number of benzene rings is 1. The number of carbonyl (C=O) groups excluding carboxylic acids is 1. The SMILES string of the molecule is CC(C)N(CC1CCCNC1)C(=O)c1cc(Br)ccc1Br. The van der Waals surface area contributed by atoms with E-state index in [0.29, 0.717) is 5.92 Å². The Hall–Kier alpha value is -0.390. The summed E-state index contributed by atoms with van der Waals surface area (Å²) in [5, 5.41) is 3.42. The van der Waals surface area contributed by atoms with E-state index in [1.807, 2.05) is 23.1 Å². The second kappa shape index (κ2) is 7.75. The first-order valence-corrected chi connectivity index (χ1v) is 9.04. The largest absolute Gasteiger partial charge is 0.336 e. The van der Waals surface area contributed by atoms with Gasteiger partial charge in [-0.05, 0) is 79.8 Å². The van der Waals surface area contributed by atoms with Crippen LogP contribution in [0.4, 0.5) is 0 Å². The minimum absolute atomic E-state index is 0.101. The molecule has 2 rings (SSSR count). The molecule has 0 aliphatic carbocycles. The predicted molar refractivity (Wildman–Crippen MR) is 93.6 cm³/mol. The smallest absolute Gasteiger partial charge is 0.255 e. The normalized spacial score (nSPS) is 18.8. The average molecular weight is 418 g/mol. The van der Waals surface area contributed by atoms with Crippen LogP contribution >= 0.6 is 31.9 Å². The highest BCUT2D eigenvalue weighted by Crippen LogP contribution is 2.24. The van der Waals surface area contributed by atoms with E-state index >= 15 is 0 Å². The summed E-state index contributed by atoms with van der Waals surface area (Å²) < 4.78 is 1.78. The molecule has 1 amide bonds. The minimum atomic E-state index is 0.101. The molecule has 1 unspecified atom stereocenters. The Morgan fingerprint density at radius 1 is 1.43 bits per heavy atom. The Morgan fingerprint density at radius 3 is 2.81 bits per heavy atom. The highest BCUT2D eigenvalue weighted by Gasteiger charge is 2.25. The molecule has 1 aromatic rings. The van der Waals surface area contributed by atoms with Crippen molar-refractivity contribution in [3.05, 3.63) is 32.7 Å². The maximum absolute atomic E-state index is 12.9. The van der Waals surface area contributed by atoms with E-state index in [9.17, 15) is 4.79 Å². The summed E-state index contributed by atoms with van der Waals surface area (Å²) in [4.78, 5) is 14.9. The summed E-state index contributed by atoms with van der Waals surface area (Å²) in [6.07, 6.45) is 2.40. The zero-order valence-corrected chi connectivity index (χ0v) is 15.7. The van der Waals surface area contributed by atoms with Crippen molar-refractivity contribution in [1.29, 1.82) is 0 Å². The van der Waals surface area contributed by atoms with E-state index in [4.69, 9.17) is 0 Å². The van der Waals surface area contributed by atoms with Crippen molar-refractivity contribution in [3.8, 4) is 0 Å². The number of hydrogen-bond acceptors (Lipinski definition) is 2. The third-order valence-electron chi connectivity index (χ3n) is 3.90. The summed E-state index contributed by atoms with van der Waals surface area (Å²) in [7, 11) is 0. The molecule has 1 N–H and O–H groups in total. The molecule has 0 radical (unpaired) electrons. The summed E-state index contributed by atoms with van der Waals surface area (Å²) in [5.74, 6) is 0.653. The Kier molecular flexibility index (Phi) is 6.26. The lowest BCUT2D eigenvalue weighted by molar-refractivity contribution is 0.0660. The summed E-state index contributed by atoms with van der Waals surface area (Å²) in [6.45, 7) is 7.10. The molecule has 1 aliphatic rings. The van der Waals surface area contributed by atoms with Gasteiger partial charge in [0.05, 0.1) is 5.56 Å². The van der Waals surface area contributed by atoms with Crippen LogP contribution in [0, 0.1) is 5.92 Å². The molecule has 0 saturated carbocycles. The molecule has 1 fully saturated rings. The molecule has 0 spiro atoms. The molecule has 1 saturated heterocycles. The molecule has 21 heavy (non-hydrogen) atoms. The van der Waals surface area contributed by atoms with Gasteiger partial charge in [0, 0.05) is 21.5 Å². The van der Waals surface area contributed by atoms with Crippen molar-refractivity contribution >= 4 is 37.8 Å². The molecule has 116 valence electrons. The topological polar surface area (TPSA) is 32.3 Å². The van der Waals surface area contributed by atoms with E-state index in [2.05, 4.69) is 51.0 Å². The monoisotopic (exact) mass is 416 g/mol. The van der Waals surface area contributed by atoms with Gasteiger partial charge in [-0.15, -0.1) is 0 Å². The van der Waals surface area contributed by atoms with Gasteiger partial charge in [0.2, 0.25) is 0 Å². The predicted octanol–water partition coefficient (Wildman–Crippen LogP) is 4.06. The molecule has 5 heteroatoms. The second-order valence-electron chi connectivity index (χ2n) is 5.89. The fourth-order valence-electron chi connectivity index (χ4n) is 2.70. The number of piperidine rings is 1. The van der Waals surface area contributed by atoms with Gasteiger partial charge in [0.1, 0.15) is 0 Å². The minimum Gasteiger partial charge on any atom is -0.336 e. The first kappa shape index (κ1) is 17.0. The lowest BCUT2D eigenvalue weighted by Gasteiger charge is -2.33. The first-order valence-electron chi connectivity index (χ1n) is 7.45. The summed E-state index contributed by atoms with van der Waals surface area (Å²) in [6, 6.07) is 5.94. The van der Waals surface area contributed by atoms with Crippen LogP contribution < -0.4 is 5.32 Å². The van der Waals surface area contributed by atoms with Crippen molar-refractivity contribution in [2.45, 2.75) is 32.7 Å². The van der Waals surface area contributed by atoms with Gasteiger partial charge in [-0.1, -0.05) is 15.9 Å². The van der Waals surface area contributed by atoms with Crippen LogP contribution in [0.1, 0.15) is 37.0 Å². The van der Waals surface area contributed by atoms with Crippen molar-refractivity contribution in [2.75, 3.05) is 19.6 Å². The highest BCUT2D eigenvalue weighted by atomic mass is 79.9. The lowest BCUT2D eigenvalue weighted by atomic mass is 9.98. The third-order valence-corrected chi connectivity index (χ3v) is 5.08. The molecular formula is C16H22Br2N2O. The van der Waals surface area contributed by atoms with Gasteiger partial charge in [-0.2, -0.15) is 0 Å². The maximum Gasteiger partial charge on any atom is 0.255 e. The molecule has 0 bridgehead atoms. The fourth-order valence-corrected chi connectivity index (χ4v) is 3.48. The zero-order chi connectivity index (χ0) is 15.4. The summed E-state index contributed by atoms with van der Waals surface area (Å²) in [5.41, 5.74) is 0.724. The standard InChI is InChI=1S/C16H22Br2N2O/c1-11(2)20(10-12-4-3-7-19-9-12)16(21)14-8-13(17)5-6-15(14)18/h5-6,8,11-12,19H,3-4,7,9-10H2,1-2H3. The molecule has 1 aliphatic heterocycles. The third kappa shape index (κ3) is 4.54. The van der Waals surface area contributed by atoms with Crippen LogP contribution in [0.5, 0.6) is 0 Å². The fraction of sp³-hybridized carbons (Fsp3) is 0.562. The van der Waals surface area contributed by atoms with E-state index in [1.54, 1.807) is 0 Å². The number of rotatable bonds is 4. The number of carbonyl (C=O) groups is 1. The quantitative estimate of drug-likeness (QED) is 0.800. The van der Waals surface area contributed by atoms with E-state index in [-0.39, 0.29) is 11.9 Å². The average Bonchev–Trinajstić information content (AvgIpc) is 2.47. The van der Waals surface area contributed by atoms with Crippen LogP contribution in [0.15, 0.2) is 27.1 Å². The van der Waals surface area contributed by atoms with Crippen molar-refractivity contribution < 1.29 is 4.79 Å². The van der Waals surface area contributed by atoms with Gasteiger partial charge < -0.3 is 10.2 Å². The Balaban J connectivity index is 2.16. The first-order chi connectivity index (χ1) is 9.99. The van der Waals surface area contributed by atoms with E-state index < -0.39 is 0 Å². The summed E-state index contributed by atoms with van der Waals surface area (Å²) >= 11 is 6.94. The van der Waals surface area contributed by atoms with Crippen molar-refractivity contribution in [2.24, 2.45) is 5.92 Å². The molecule has 1 atom stereocenters. The van der Waals surface area contributed by atoms with Crippen LogP contribution in [-0.2, 0) is 0 Å². The molecule has 1 heterocycles. The zero-order valence-electron chi connectivity index (χ0n) is 12.5. The van der Waals surface area contributed by atoms with Crippen molar-refractivity contribution in [3.63, 3.8) is 0 Å². The number of amides is 1. The van der Waals surface area contributed by atoms with Crippen LogP contribution in [0.3, 0.4) is 0 Å². The molecular weight excluding hydrogens is 396 g/mol. The Bertz CT molecular complexity index is 499. The van der Waals surface area contributed by atoms with Crippen molar-refractivity contribution in [1.82, 2.24) is 10.2 Å². The van der Waals surface area contributed by atoms with Gasteiger partial charge in [0.15, 0.2) is 0 Å². The number of nitrogens with zero attached hydrogens (tertiary/aromatic N) is 1. The van der Waals surface area contributed by atoms with Gasteiger partial charge in [-0.25, -0.2) is 0 Å². The second-order valence-corrected chi connectivity index (χ2v) is 7.66. The molecule has 3 nitrogen and oxygen atoms in total. The maximum atomic E-state index is 12.9. The van der Waals surface area contributed by atoms with Gasteiger partial charge in [0.25, 0.3) is 5.91 Å². The number of nitrogens with one attached hydrogen (secondary N) is 1.